The number of aryl methyl sites for hydroxylation is 1. The molecule has 1 fully saturated rings. The van der Waals surface area contributed by atoms with Crippen molar-refractivity contribution in [2.24, 2.45) is 5.92 Å². The van der Waals surface area contributed by atoms with Crippen molar-refractivity contribution >= 4 is 11.6 Å². The fourth-order valence-corrected chi connectivity index (χ4v) is 4.33. The number of ether oxygens (including phenoxy) is 2. The molecule has 2 atom stereocenters. The summed E-state index contributed by atoms with van der Waals surface area (Å²) in [6.07, 6.45) is 0. The molecular formula is C24H23N5O2. The number of aromatic amines is 1. The van der Waals surface area contributed by atoms with Crippen molar-refractivity contribution in [2.75, 3.05) is 31.2 Å². The van der Waals surface area contributed by atoms with E-state index in [1.165, 1.54) is 5.56 Å². The van der Waals surface area contributed by atoms with Crippen LogP contribution < -0.4 is 9.64 Å². The van der Waals surface area contributed by atoms with E-state index in [0.29, 0.717) is 5.88 Å². The van der Waals surface area contributed by atoms with Crippen LogP contribution in [0.5, 0.6) is 5.88 Å². The summed E-state index contributed by atoms with van der Waals surface area (Å²) < 4.78 is 11.1. The minimum absolute atomic E-state index is 0.0702. The number of morpholine rings is 1. The normalized spacial score (nSPS) is 20.6. The molecule has 2 unspecified atom stereocenters. The van der Waals surface area contributed by atoms with E-state index < -0.39 is 5.92 Å². The summed E-state index contributed by atoms with van der Waals surface area (Å²) in [5.74, 6) is -0.757. The molecule has 1 aromatic heterocycles. The van der Waals surface area contributed by atoms with Crippen LogP contribution in [0.4, 0.5) is 5.69 Å². The molecule has 1 saturated heterocycles. The lowest BCUT2D eigenvalue weighted by Crippen LogP contribution is -2.36. The third-order valence-electron chi connectivity index (χ3n) is 6.01. The molecule has 156 valence electrons. The van der Waals surface area contributed by atoms with Gasteiger partial charge < -0.3 is 14.4 Å². The van der Waals surface area contributed by atoms with Gasteiger partial charge in [0.15, 0.2) is 0 Å². The zero-order valence-electron chi connectivity index (χ0n) is 17.3. The van der Waals surface area contributed by atoms with E-state index in [2.05, 4.69) is 33.3 Å². The quantitative estimate of drug-likeness (QED) is 0.679. The Balaban J connectivity index is 1.57. The summed E-state index contributed by atoms with van der Waals surface area (Å²) in [7, 11) is 0. The molecule has 0 bridgehead atoms. The average Bonchev–Trinajstić information content (AvgIpc) is 3.22. The van der Waals surface area contributed by atoms with Gasteiger partial charge in [0.1, 0.15) is 5.92 Å². The predicted octanol–water partition coefficient (Wildman–Crippen LogP) is 3.86. The van der Waals surface area contributed by atoms with Crippen LogP contribution in [-0.4, -0.2) is 42.4 Å². The fraction of sp³-hybridized carbons (Fsp3) is 0.292. The third kappa shape index (κ3) is 3.45. The fourth-order valence-electron chi connectivity index (χ4n) is 4.33. The number of anilines is 1. The first-order valence-electron chi connectivity index (χ1n) is 10.4. The van der Waals surface area contributed by atoms with Crippen LogP contribution in [0.1, 0.15) is 22.6 Å². The van der Waals surface area contributed by atoms with Crippen molar-refractivity contribution in [3.05, 3.63) is 65.2 Å². The van der Waals surface area contributed by atoms with Crippen molar-refractivity contribution in [2.45, 2.75) is 12.8 Å². The van der Waals surface area contributed by atoms with Gasteiger partial charge >= 0.3 is 0 Å². The smallest absolute Gasteiger partial charge is 0.244 e. The lowest BCUT2D eigenvalue weighted by atomic mass is 9.78. The molecule has 5 rings (SSSR count). The van der Waals surface area contributed by atoms with E-state index in [1.54, 1.807) is 0 Å². The van der Waals surface area contributed by atoms with Crippen molar-refractivity contribution in [1.82, 2.24) is 10.2 Å². The van der Waals surface area contributed by atoms with Gasteiger partial charge in [-0.15, -0.1) is 5.10 Å². The van der Waals surface area contributed by atoms with E-state index in [-0.39, 0.29) is 11.8 Å². The van der Waals surface area contributed by atoms with Crippen molar-refractivity contribution in [3.63, 3.8) is 0 Å². The first-order valence-corrected chi connectivity index (χ1v) is 10.4. The van der Waals surface area contributed by atoms with Crippen LogP contribution in [-0.2, 0) is 4.74 Å². The van der Waals surface area contributed by atoms with Gasteiger partial charge in [0, 0.05) is 24.7 Å². The van der Waals surface area contributed by atoms with Crippen LogP contribution in [0.25, 0.3) is 11.3 Å². The number of aromatic nitrogens is 2. The van der Waals surface area contributed by atoms with E-state index >= 15 is 0 Å². The zero-order chi connectivity index (χ0) is 21.4. The molecule has 0 aliphatic carbocycles. The number of rotatable bonds is 3. The number of fused-ring (bicyclic) bond motifs is 1. The Bertz CT molecular complexity index is 1140. The summed E-state index contributed by atoms with van der Waals surface area (Å²) in [5.41, 5.74) is 5.89. The van der Waals surface area contributed by atoms with Gasteiger partial charge in [-0.05, 0) is 30.2 Å². The number of H-pyrrole nitrogens is 1. The number of nitrogens with one attached hydrogen (secondary N) is 2. The molecule has 31 heavy (non-hydrogen) atoms. The van der Waals surface area contributed by atoms with Crippen molar-refractivity contribution < 1.29 is 9.47 Å². The zero-order valence-corrected chi connectivity index (χ0v) is 17.3. The molecule has 0 saturated carbocycles. The summed E-state index contributed by atoms with van der Waals surface area (Å²) >= 11 is 0. The highest BCUT2D eigenvalue weighted by atomic mass is 16.5. The Morgan fingerprint density at radius 2 is 1.81 bits per heavy atom. The van der Waals surface area contributed by atoms with E-state index in [0.717, 1.165) is 54.4 Å². The van der Waals surface area contributed by atoms with E-state index in [4.69, 9.17) is 14.9 Å². The molecule has 7 heteroatoms. The van der Waals surface area contributed by atoms with Crippen molar-refractivity contribution in [3.8, 4) is 23.2 Å². The average molecular weight is 413 g/mol. The summed E-state index contributed by atoms with van der Waals surface area (Å²) in [6.45, 7) is 5.24. The number of hydrogen-bond acceptors (Lipinski definition) is 6. The van der Waals surface area contributed by atoms with Crippen LogP contribution in [0, 0.1) is 29.6 Å². The van der Waals surface area contributed by atoms with Gasteiger partial charge in [-0.25, -0.2) is 0 Å². The number of nitrogens with zero attached hydrogens (tertiary/aromatic N) is 3. The van der Waals surface area contributed by atoms with Gasteiger partial charge in [-0.1, -0.05) is 42.0 Å². The highest BCUT2D eigenvalue weighted by molar-refractivity contribution is 5.86. The largest absolute Gasteiger partial charge is 0.422 e. The Morgan fingerprint density at radius 3 is 2.48 bits per heavy atom. The second-order valence-corrected chi connectivity index (χ2v) is 7.93. The SMILES string of the molecule is Cc1ccc(-c2[nH]nc3c2C(c2ccc(N4CCOCC4)cc2)C(C#N)C(=N)O3)cc1. The molecule has 0 radical (unpaired) electrons. The number of nitriles is 1. The molecule has 2 aliphatic rings. The molecule has 3 heterocycles. The molecule has 3 aromatic rings. The molecule has 2 aromatic carbocycles. The topological polar surface area (TPSA) is 98.0 Å². The monoisotopic (exact) mass is 413 g/mol. The lowest BCUT2D eigenvalue weighted by molar-refractivity contribution is 0.122. The molecular weight excluding hydrogens is 390 g/mol. The van der Waals surface area contributed by atoms with Gasteiger partial charge in [-0.3, -0.25) is 10.5 Å². The van der Waals surface area contributed by atoms with Crippen LogP contribution in [0.2, 0.25) is 0 Å². The van der Waals surface area contributed by atoms with Crippen LogP contribution >= 0.6 is 0 Å². The second-order valence-electron chi connectivity index (χ2n) is 7.93. The molecule has 2 N–H and O–H groups in total. The Hall–Kier alpha value is -3.63. The molecule has 2 aliphatic heterocycles. The lowest BCUT2D eigenvalue weighted by Gasteiger charge is -2.30. The standard InChI is InChI=1S/C24H23N5O2/c1-15-2-4-17(5-3-15)22-21-20(19(14-25)23(26)31-24(21)28-27-22)16-6-8-18(9-7-16)29-10-12-30-13-11-29/h2-9,19-20,26H,10-13H2,1H3,(H,27,28). The first kappa shape index (κ1) is 19.3. The summed E-state index contributed by atoms with van der Waals surface area (Å²) in [4.78, 5) is 2.29. The van der Waals surface area contributed by atoms with E-state index in [9.17, 15) is 5.26 Å². The Kier molecular flexibility index (Phi) is 4.92. The van der Waals surface area contributed by atoms with Gasteiger partial charge in [0.05, 0.1) is 30.5 Å². The number of hydrogen-bond donors (Lipinski definition) is 2. The second kappa shape index (κ2) is 7.89. The minimum Gasteiger partial charge on any atom is -0.422 e. The van der Waals surface area contributed by atoms with Gasteiger partial charge in [-0.2, -0.15) is 5.26 Å². The molecule has 7 nitrogen and oxygen atoms in total. The number of benzene rings is 2. The van der Waals surface area contributed by atoms with Crippen LogP contribution in [0.15, 0.2) is 48.5 Å². The van der Waals surface area contributed by atoms with Crippen LogP contribution in [0.3, 0.4) is 0 Å². The summed E-state index contributed by atoms with van der Waals surface area (Å²) in [6, 6.07) is 18.7. The maximum atomic E-state index is 9.89. The molecule has 0 spiro atoms. The summed E-state index contributed by atoms with van der Waals surface area (Å²) in [5, 5.41) is 25.6. The van der Waals surface area contributed by atoms with E-state index in [1.807, 2.05) is 43.3 Å². The Labute approximate surface area is 180 Å². The minimum atomic E-state index is -0.719. The van der Waals surface area contributed by atoms with Gasteiger partial charge in [0.25, 0.3) is 0 Å². The van der Waals surface area contributed by atoms with Crippen molar-refractivity contribution in [1.29, 1.82) is 10.7 Å². The maximum Gasteiger partial charge on any atom is 0.244 e. The molecule has 0 amide bonds. The highest BCUT2D eigenvalue weighted by Crippen LogP contribution is 2.45. The van der Waals surface area contributed by atoms with Gasteiger partial charge in [0.2, 0.25) is 11.8 Å². The highest BCUT2D eigenvalue weighted by Gasteiger charge is 2.40. The first-order chi connectivity index (χ1) is 15.2. The third-order valence-corrected chi connectivity index (χ3v) is 6.01. The predicted molar refractivity (Wildman–Crippen MR) is 118 cm³/mol. The Morgan fingerprint density at radius 1 is 1.10 bits per heavy atom. The maximum absolute atomic E-state index is 9.89.